The quantitative estimate of drug-likeness (QED) is 0.557. The van der Waals surface area contributed by atoms with Crippen molar-refractivity contribution in [3.8, 4) is 0 Å². The summed E-state index contributed by atoms with van der Waals surface area (Å²) in [5.41, 5.74) is 2.47. The van der Waals surface area contributed by atoms with Crippen molar-refractivity contribution >= 4 is 11.6 Å². The van der Waals surface area contributed by atoms with Crippen LogP contribution in [0.15, 0.2) is 12.4 Å². The molecule has 0 aromatic carbocycles. The van der Waals surface area contributed by atoms with Crippen molar-refractivity contribution in [3.63, 3.8) is 0 Å². The van der Waals surface area contributed by atoms with Gasteiger partial charge in [0.15, 0.2) is 0 Å². The van der Waals surface area contributed by atoms with Crippen LogP contribution in [0.1, 0.15) is 13.8 Å². The number of hydrazine groups is 1. The molecule has 1 saturated heterocycles. The second kappa shape index (κ2) is 4.23. The van der Waals surface area contributed by atoms with E-state index in [1.54, 1.807) is 0 Å². The Kier molecular flexibility index (Phi) is 2.93. The summed E-state index contributed by atoms with van der Waals surface area (Å²) in [5, 5.41) is 0. The Bertz CT molecular complexity index is 368. The van der Waals surface area contributed by atoms with E-state index in [0.717, 1.165) is 19.0 Å². The van der Waals surface area contributed by atoms with Crippen LogP contribution in [0.25, 0.3) is 0 Å². The SMILES string of the molecule is CC1(C)COCCN1c1cc(NN)ncn1. The van der Waals surface area contributed by atoms with Crippen molar-refractivity contribution in [2.24, 2.45) is 5.84 Å². The molecule has 1 fully saturated rings. The van der Waals surface area contributed by atoms with Gasteiger partial charge in [0.05, 0.1) is 18.8 Å². The van der Waals surface area contributed by atoms with Crippen molar-refractivity contribution < 1.29 is 4.74 Å². The number of hydrogen-bond acceptors (Lipinski definition) is 6. The number of nitrogens with two attached hydrogens (primary N) is 1. The van der Waals surface area contributed by atoms with Gasteiger partial charge in [-0.15, -0.1) is 0 Å². The molecule has 1 aromatic rings. The summed E-state index contributed by atoms with van der Waals surface area (Å²) >= 11 is 0. The van der Waals surface area contributed by atoms with Crippen LogP contribution >= 0.6 is 0 Å². The maximum absolute atomic E-state index is 5.47. The van der Waals surface area contributed by atoms with Crippen LogP contribution in [0.2, 0.25) is 0 Å². The Balaban J connectivity index is 2.27. The summed E-state index contributed by atoms with van der Waals surface area (Å²) in [6.07, 6.45) is 1.51. The highest BCUT2D eigenvalue weighted by atomic mass is 16.5. The van der Waals surface area contributed by atoms with Crippen molar-refractivity contribution in [3.05, 3.63) is 12.4 Å². The molecule has 0 bridgehead atoms. The van der Waals surface area contributed by atoms with Crippen LogP contribution in [0, 0.1) is 0 Å². The van der Waals surface area contributed by atoms with Crippen molar-refractivity contribution in [1.82, 2.24) is 9.97 Å². The van der Waals surface area contributed by atoms with Gasteiger partial charge in [-0.1, -0.05) is 0 Å². The number of rotatable bonds is 2. The maximum atomic E-state index is 5.47. The van der Waals surface area contributed by atoms with Crippen LogP contribution in [0.4, 0.5) is 11.6 Å². The Morgan fingerprint density at radius 2 is 2.31 bits per heavy atom. The smallest absolute Gasteiger partial charge is 0.145 e. The number of anilines is 2. The van der Waals surface area contributed by atoms with E-state index in [-0.39, 0.29) is 5.54 Å². The molecule has 6 heteroatoms. The second-order valence-electron chi connectivity index (χ2n) is 4.42. The van der Waals surface area contributed by atoms with E-state index in [0.29, 0.717) is 12.4 Å². The maximum Gasteiger partial charge on any atom is 0.145 e. The zero-order chi connectivity index (χ0) is 11.6. The first-order chi connectivity index (χ1) is 7.63. The molecule has 0 amide bonds. The molecule has 6 nitrogen and oxygen atoms in total. The van der Waals surface area contributed by atoms with E-state index >= 15 is 0 Å². The van der Waals surface area contributed by atoms with Crippen LogP contribution in [-0.4, -0.2) is 35.3 Å². The van der Waals surface area contributed by atoms with E-state index in [2.05, 4.69) is 34.1 Å². The molecule has 0 spiro atoms. The van der Waals surface area contributed by atoms with Gasteiger partial charge in [-0.2, -0.15) is 0 Å². The van der Waals surface area contributed by atoms with Crippen molar-refractivity contribution in [1.29, 1.82) is 0 Å². The van der Waals surface area contributed by atoms with Gasteiger partial charge in [-0.05, 0) is 13.8 Å². The summed E-state index contributed by atoms with van der Waals surface area (Å²) in [4.78, 5) is 10.5. The largest absolute Gasteiger partial charge is 0.377 e. The predicted molar refractivity (Wildman–Crippen MR) is 62.1 cm³/mol. The highest BCUT2D eigenvalue weighted by Crippen LogP contribution is 2.25. The number of hydrogen-bond donors (Lipinski definition) is 2. The lowest BCUT2D eigenvalue weighted by Crippen LogP contribution is -2.53. The van der Waals surface area contributed by atoms with Crippen LogP contribution < -0.4 is 16.2 Å². The molecular weight excluding hydrogens is 206 g/mol. The second-order valence-corrected chi connectivity index (χ2v) is 4.42. The van der Waals surface area contributed by atoms with Gasteiger partial charge in [0, 0.05) is 12.6 Å². The molecule has 3 N–H and O–H groups in total. The lowest BCUT2D eigenvalue weighted by Gasteiger charge is -2.42. The van der Waals surface area contributed by atoms with Gasteiger partial charge in [0.25, 0.3) is 0 Å². The van der Waals surface area contributed by atoms with E-state index in [4.69, 9.17) is 10.6 Å². The molecular formula is C10H17N5O. The number of morpholine rings is 1. The standard InChI is InChI=1S/C10H17N5O/c1-10(2)6-16-4-3-15(10)9-5-8(14-11)12-7-13-9/h5,7H,3-4,6,11H2,1-2H3,(H,12,13,14). The van der Waals surface area contributed by atoms with Gasteiger partial charge in [-0.25, -0.2) is 15.8 Å². The molecule has 1 aliphatic heterocycles. The first-order valence-electron chi connectivity index (χ1n) is 5.27. The lowest BCUT2D eigenvalue weighted by atomic mass is 10.0. The zero-order valence-electron chi connectivity index (χ0n) is 9.60. The van der Waals surface area contributed by atoms with Crippen LogP contribution in [-0.2, 0) is 4.74 Å². The third-order valence-electron chi connectivity index (χ3n) is 2.72. The number of nitrogens with zero attached hydrogens (tertiary/aromatic N) is 3. The minimum atomic E-state index is -0.0571. The minimum absolute atomic E-state index is 0.0571. The lowest BCUT2D eigenvalue weighted by molar-refractivity contribution is 0.0639. The average molecular weight is 223 g/mol. The summed E-state index contributed by atoms with van der Waals surface area (Å²) < 4.78 is 5.47. The van der Waals surface area contributed by atoms with E-state index in [1.807, 2.05) is 6.07 Å². The molecule has 2 rings (SSSR count). The monoisotopic (exact) mass is 223 g/mol. The molecule has 0 aliphatic carbocycles. The highest BCUT2D eigenvalue weighted by Gasteiger charge is 2.31. The third-order valence-corrected chi connectivity index (χ3v) is 2.72. The molecule has 0 saturated carbocycles. The normalized spacial score (nSPS) is 19.6. The first kappa shape index (κ1) is 11.1. The number of ether oxygens (including phenoxy) is 1. The van der Waals surface area contributed by atoms with Crippen molar-refractivity contribution in [2.45, 2.75) is 19.4 Å². The fourth-order valence-corrected chi connectivity index (χ4v) is 1.86. The Labute approximate surface area is 94.8 Å². The summed E-state index contributed by atoms with van der Waals surface area (Å²) in [7, 11) is 0. The van der Waals surface area contributed by atoms with E-state index in [9.17, 15) is 0 Å². The van der Waals surface area contributed by atoms with Crippen LogP contribution in [0.3, 0.4) is 0 Å². The molecule has 0 radical (unpaired) electrons. The average Bonchev–Trinajstić information content (AvgIpc) is 2.28. The highest BCUT2D eigenvalue weighted by molar-refractivity contribution is 5.49. The van der Waals surface area contributed by atoms with Crippen LogP contribution in [0.5, 0.6) is 0 Å². The predicted octanol–water partition coefficient (Wildman–Crippen LogP) is 0.377. The Hall–Kier alpha value is -1.40. The third kappa shape index (κ3) is 2.07. The van der Waals surface area contributed by atoms with Gasteiger partial charge in [0.1, 0.15) is 18.0 Å². The fraction of sp³-hybridized carbons (Fsp3) is 0.600. The minimum Gasteiger partial charge on any atom is -0.377 e. The Morgan fingerprint density at radius 1 is 1.50 bits per heavy atom. The number of nitrogens with one attached hydrogen (secondary N) is 1. The van der Waals surface area contributed by atoms with E-state index < -0.39 is 0 Å². The summed E-state index contributed by atoms with van der Waals surface area (Å²) in [6.45, 7) is 6.50. The van der Waals surface area contributed by atoms with Gasteiger partial charge in [-0.3, -0.25) is 0 Å². The molecule has 16 heavy (non-hydrogen) atoms. The zero-order valence-corrected chi connectivity index (χ0v) is 9.60. The molecule has 0 unspecified atom stereocenters. The number of aromatic nitrogens is 2. The van der Waals surface area contributed by atoms with Gasteiger partial charge >= 0.3 is 0 Å². The first-order valence-corrected chi connectivity index (χ1v) is 5.27. The topological polar surface area (TPSA) is 76.3 Å². The van der Waals surface area contributed by atoms with Gasteiger partial charge < -0.3 is 15.1 Å². The van der Waals surface area contributed by atoms with Gasteiger partial charge in [0.2, 0.25) is 0 Å². The number of nitrogen functional groups attached to an aromatic ring is 1. The molecule has 2 heterocycles. The molecule has 1 aliphatic rings. The van der Waals surface area contributed by atoms with Crippen molar-refractivity contribution in [2.75, 3.05) is 30.1 Å². The summed E-state index contributed by atoms with van der Waals surface area (Å²) in [6, 6.07) is 1.84. The fourth-order valence-electron chi connectivity index (χ4n) is 1.86. The molecule has 88 valence electrons. The molecule has 0 atom stereocenters. The Morgan fingerprint density at radius 3 is 3.00 bits per heavy atom. The summed E-state index contributed by atoms with van der Waals surface area (Å²) in [5.74, 6) is 6.82. The van der Waals surface area contributed by atoms with E-state index in [1.165, 1.54) is 6.33 Å². The molecule has 1 aromatic heterocycles.